The molecule has 0 fully saturated rings. The van der Waals surface area contributed by atoms with E-state index in [2.05, 4.69) is 10.5 Å². The van der Waals surface area contributed by atoms with Gasteiger partial charge in [-0.15, -0.1) is 0 Å². The lowest BCUT2D eigenvalue weighted by atomic mass is 10.2. The van der Waals surface area contributed by atoms with Gasteiger partial charge in [0.1, 0.15) is 5.75 Å². The molecule has 3 N–H and O–H groups in total. The molecule has 112 valence electrons. The SMILES string of the molecule is NC(=O)COc1ccc(/C=N/NC(=O)c2ccccc2)cc1. The largest absolute Gasteiger partial charge is 0.484 e. The maximum Gasteiger partial charge on any atom is 0.271 e. The quantitative estimate of drug-likeness (QED) is 0.622. The van der Waals surface area contributed by atoms with Crippen LogP contribution in [0.4, 0.5) is 0 Å². The molecule has 2 aromatic rings. The van der Waals surface area contributed by atoms with Gasteiger partial charge < -0.3 is 10.5 Å². The number of amides is 2. The fourth-order valence-electron chi connectivity index (χ4n) is 1.62. The lowest BCUT2D eigenvalue weighted by Crippen LogP contribution is -2.20. The van der Waals surface area contributed by atoms with Gasteiger partial charge in [0.05, 0.1) is 6.21 Å². The van der Waals surface area contributed by atoms with Crippen molar-refractivity contribution >= 4 is 18.0 Å². The first-order valence-corrected chi connectivity index (χ1v) is 6.55. The number of rotatable bonds is 6. The van der Waals surface area contributed by atoms with Crippen LogP contribution in [0.5, 0.6) is 5.75 Å². The summed E-state index contributed by atoms with van der Waals surface area (Å²) in [5.41, 5.74) is 8.74. The predicted octanol–water partition coefficient (Wildman–Crippen LogP) is 1.31. The Morgan fingerprint density at radius 3 is 2.41 bits per heavy atom. The van der Waals surface area contributed by atoms with Crippen molar-refractivity contribution in [1.82, 2.24) is 5.43 Å². The number of carbonyl (C=O) groups is 2. The first-order chi connectivity index (χ1) is 10.6. The van der Waals surface area contributed by atoms with Crippen LogP contribution in [-0.4, -0.2) is 24.6 Å². The van der Waals surface area contributed by atoms with Gasteiger partial charge in [-0.05, 0) is 42.0 Å². The zero-order chi connectivity index (χ0) is 15.8. The summed E-state index contributed by atoms with van der Waals surface area (Å²) in [4.78, 5) is 22.3. The van der Waals surface area contributed by atoms with Gasteiger partial charge in [-0.25, -0.2) is 5.43 Å². The first-order valence-electron chi connectivity index (χ1n) is 6.55. The lowest BCUT2D eigenvalue weighted by molar-refractivity contribution is -0.119. The second kappa shape index (κ2) is 7.58. The Bertz CT molecular complexity index is 667. The fourth-order valence-corrected chi connectivity index (χ4v) is 1.62. The van der Waals surface area contributed by atoms with Crippen LogP contribution in [-0.2, 0) is 4.79 Å². The van der Waals surface area contributed by atoms with Crippen LogP contribution in [0.2, 0.25) is 0 Å². The summed E-state index contributed by atoms with van der Waals surface area (Å²) in [6, 6.07) is 15.7. The van der Waals surface area contributed by atoms with E-state index in [1.807, 2.05) is 6.07 Å². The molecule has 2 rings (SSSR count). The average Bonchev–Trinajstić information content (AvgIpc) is 2.55. The fraction of sp³-hybridized carbons (Fsp3) is 0.0625. The van der Waals surface area contributed by atoms with Gasteiger partial charge >= 0.3 is 0 Å². The monoisotopic (exact) mass is 297 g/mol. The number of nitrogens with one attached hydrogen (secondary N) is 1. The van der Waals surface area contributed by atoms with Gasteiger partial charge in [-0.1, -0.05) is 18.2 Å². The summed E-state index contributed by atoms with van der Waals surface area (Å²) in [5, 5.41) is 3.88. The van der Waals surface area contributed by atoms with E-state index in [9.17, 15) is 9.59 Å². The molecule has 0 saturated carbocycles. The molecule has 6 nitrogen and oxygen atoms in total. The second-order valence-corrected chi connectivity index (χ2v) is 4.39. The van der Waals surface area contributed by atoms with Gasteiger partial charge in [0.15, 0.2) is 6.61 Å². The van der Waals surface area contributed by atoms with Gasteiger partial charge in [0.25, 0.3) is 11.8 Å². The van der Waals surface area contributed by atoms with Gasteiger partial charge in [-0.3, -0.25) is 9.59 Å². The van der Waals surface area contributed by atoms with Crippen LogP contribution in [0.25, 0.3) is 0 Å². The number of primary amides is 1. The average molecular weight is 297 g/mol. The van der Waals surface area contributed by atoms with Crippen LogP contribution < -0.4 is 15.9 Å². The van der Waals surface area contributed by atoms with E-state index in [1.54, 1.807) is 48.5 Å². The molecule has 0 heterocycles. The van der Waals surface area contributed by atoms with Crippen LogP contribution in [0, 0.1) is 0 Å². The summed E-state index contributed by atoms with van der Waals surface area (Å²) >= 11 is 0. The molecule has 6 heteroatoms. The van der Waals surface area contributed by atoms with Gasteiger partial charge in [0, 0.05) is 5.56 Å². The molecule has 0 unspecified atom stereocenters. The van der Waals surface area contributed by atoms with E-state index in [0.717, 1.165) is 5.56 Å². The third kappa shape index (κ3) is 4.75. The highest BCUT2D eigenvalue weighted by Crippen LogP contribution is 2.10. The number of nitrogens with two attached hydrogens (primary N) is 1. The molecule has 0 atom stereocenters. The summed E-state index contributed by atoms with van der Waals surface area (Å²) in [6.45, 7) is -0.166. The van der Waals surface area contributed by atoms with Gasteiger partial charge in [0.2, 0.25) is 0 Å². The number of ether oxygens (including phenoxy) is 1. The third-order valence-electron chi connectivity index (χ3n) is 2.68. The molecular formula is C16H15N3O3. The lowest BCUT2D eigenvalue weighted by Gasteiger charge is -2.03. The molecular weight excluding hydrogens is 282 g/mol. The van der Waals surface area contributed by atoms with E-state index in [0.29, 0.717) is 11.3 Å². The number of benzene rings is 2. The predicted molar refractivity (Wildman–Crippen MR) is 82.6 cm³/mol. The van der Waals surface area contributed by atoms with E-state index < -0.39 is 5.91 Å². The Hall–Kier alpha value is -3.15. The first kappa shape index (κ1) is 15.2. The van der Waals surface area contributed by atoms with E-state index in [4.69, 9.17) is 10.5 Å². The Morgan fingerprint density at radius 2 is 1.77 bits per heavy atom. The number of hydrogen-bond acceptors (Lipinski definition) is 4. The smallest absolute Gasteiger partial charge is 0.271 e. The molecule has 0 aliphatic carbocycles. The van der Waals surface area contributed by atoms with Crippen molar-refractivity contribution in [2.24, 2.45) is 10.8 Å². The van der Waals surface area contributed by atoms with Crippen molar-refractivity contribution in [3.05, 3.63) is 65.7 Å². The zero-order valence-electron chi connectivity index (χ0n) is 11.7. The molecule has 0 aliphatic heterocycles. The maximum atomic E-state index is 11.7. The molecule has 0 radical (unpaired) electrons. The Balaban J connectivity index is 1.88. The summed E-state index contributed by atoms with van der Waals surface area (Å²) in [5.74, 6) is -0.281. The molecule has 22 heavy (non-hydrogen) atoms. The second-order valence-electron chi connectivity index (χ2n) is 4.39. The topological polar surface area (TPSA) is 93.8 Å². The summed E-state index contributed by atoms with van der Waals surface area (Å²) < 4.78 is 5.13. The van der Waals surface area contributed by atoms with Crippen molar-refractivity contribution in [3.63, 3.8) is 0 Å². The number of carbonyl (C=O) groups excluding carboxylic acids is 2. The molecule has 0 aromatic heterocycles. The highest BCUT2D eigenvalue weighted by atomic mass is 16.5. The maximum absolute atomic E-state index is 11.7. The molecule has 0 spiro atoms. The molecule has 2 amide bonds. The van der Waals surface area contributed by atoms with E-state index >= 15 is 0 Å². The summed E-state index contributed by atoms with van der Waals surface area (Å²) in [7, 11) is 0. The molecule has 0 aliphatic rings. The molecule has 0 bridgehead atoms. The van der Waals surface area contributed by atoms with E-state index in [1.165, 1.54) is 6.21 Å². The summed E-state index contributed by atoms with van der Waals surface area (Å²) in [6.07, 6.45) is 1.51. The number of hydrogen-bond donors (Lipinski definition) is 2. The number of nitrogens with zero attached hydrogens (tertiary/aromatic N) is 1. The van der Waals surface area contributed by atoms with Crippen LogP contribution >= 0.6 is 0 Å². The zero-order valence-corrected chi connectivity index (χ0v) is 11.7. The standard InChI is InChI=1S/C16H15N3O3/c17-15(20)11-22-14-8-6-12(7-9-14)10-18-19-16(21)13-4-2-1-3-5-13/h1-10H,11H2,(H2,17,20)(H,19,21)/b18-10+. The minimum Gasteiger partial charge on any atom is -0.484 e. The third-order valence-corrected chi connectivity index (χ3v) is 2.68. The highest BCUT2D eigenvalue weighted by Gasteiger charge is 2.01. The molecule has 0 saturated heterocycles. The normalized spacial score (nSPS) is 10.4. The minimum absolute atomic E-state index is 0.166. The number of hydrazone groups is 1. The molecule has 2 aromatic carbocycles. The Morgan fingerprint density at radius 1 is 1.09 bits per heavy atom. The van der Waals surface area contributed by atoms with E-state index in [-0.39, 0.29) is 12.5 Å². The van der Waals surface area contributed by atoms with Crippen molar-refractivity contribution in [1.29, 1.82) is 0 Å². The Labute approximate surface area is 127 Å². The van der Waals surface area contributed by atoms with Crippen LogP contribution in [0.3, 0.4) is 0 Å². The van der Waals surface area contributed by atoms with Crippen molar-refractivity contribution in [3.8, 4) is 5.75 Å². The van der Waals surface area contributed by atoms with Crippen molar-refractivity contribution in [2.45, 2.75) is 0 Å². The van der Waals surface area contributed by atoms with Crippen LogP contribution in [0.15, 0.2) is 59.7 Å². The minimum atomic E-state index is -0.533. The van der Waals surface area contributed by atoms with Gasteiger partial charge in [-0.2, -0.15) is 5.10 Å². The highest BCUT2D eigenvalue weighted by molar-refractivity contribution is 5.94. The van der Waals surface area contributed by atoms with Crippen molar-refractivity contribution in [2.75, 3.05) is 6.61 Å². The van der Waals surface area contributed by atoms with Crippen LogP contribution in [0.1, 0.15) is 15.9 Å². The van der Waals surface area contributed by atoms with Crippen molar-refractivity contribution < 1.29 is 14.3 Å². The Kier molecular flexibility index (Phi) is 5.25.